The van der Waals surface area contributed by atoms with Crippen LogP contribution in [0.5, 0.6) is 5.75 Å². The third-order valence-corrected chi connectivity index (χ3v) is 4.10. The number of nitrogens with one attached hydrogen (secondary N) is 1. The van der Waals surface area contributed by atoms with Gasteiger partial charge in [0, 0.05) is 17.3 Å². The summed E-state index contributed by atoms with van der Waals surface area (Å²) < 4.78 is 5.52. The van der Waals surface area contributed by atoms with Gasteiger partial charge in [0.1, 0.15) is 5.75 Å². The van der Waals surface area contributed by atoms with E-state index >= 15 is 0 Å². The third-order valence-electron chi connectivity index (χ3n) is 3.08. The molecule has 1 unspecified atom stereocenters. The zero-order valence-electron chi connectivity index (χ0n) is 12.5. The maximum Gasteiger partial charge on any atom is 0.265 e. The van der Waals surface area contributed by atoms with Gasteiger partial charge in [-0.25, -0.2) is 0 Å². The normalized spacial score (nSPS) is 11.7. The summed E-state index contributed by atoms with van der Waals surface area (Å²) in [5.74, 6) is -0.694. The Labute approximate surface area is 153 Å². The Hall–Kier alpha value is -1.95. The van der Waals surface area contributed by atoms with Crippen LogP contribution in [0.15, 0.2) is 36.4 Å². The first-order valence-corrected chi connectivity index (χ1v) is 7.93. The van der Waals surface area contributed by atoms with E-state index in [2.05, 4.69) is 5.32 Å². The molecule has 8 heteroatoms. The molecule has 0 fully saturated rings. The first-order chi connectivity index (χ1) is 11.3. The lowest BCUT2D eigenvalue weighted by atomic mass is 10.2. The Bertz CT molecular complexity index is 779. The maximum atomic E-state index is 12.2. The number of hydrogen-bond acceptors (Lipinski definition) is 3. The van der Waals surface area contributed by atoms with Crippen LogP contribution in [0, 0.1) is 0 Å². The monoisotopic (exact) mass is 386 g/mol. The van der Waals surface area contributed by atoms with Crippen molar-refractivity contribution in [1.82, 2.24) is 0 Å². The second kappa shape index (κ2) is 7.75. The molecule has 3 N–H and O–H groups in total. The molecule has 0 heterocycles. The Morgan fingerprint density at radius 3 is 2.21 bits per heavy atom. The van der Waals surface area contributed by atoms with Crippen LogP contribution >= 0.6 is 34.8 Å². The predicted molar refractivity (Wildman–Crippen MR) is 95.2 cm³/mol. The van der Waals surface area contributed by atoms with Crippen molar-refractivity contribution in [3.63, 3.8) is 0 Å². The average Bonchev–Trinajstić information content (AvgIpc) is 2.53. The molecule has 5 nitrogen and oxygen atoms in total. The highest BCUT2D eigenvalue weighted by atomic mass is 35.5. The number of anilines is 1. The van der Waals surface area contributed by atoms with Crippen molar-refractivity contribution in [2.24, 2.45) is 5.73 Å². The van der Waals surface area contributed by atoms with Crippen LogP contribution in [0.25, 0.3) is 0 Å². The molecule has 0 saturated heterocycles. The van der Waals surface area contributed by atoms with Crippen molar-refractivity contribution >= 4 is 52.3 Å². The molecule has 0 aliphatic carbocycles. The lowest BCUT2D eigenvalue weighted by Crippen LogP contribution is -2.30. The van der Waals surface area contributed by atoms with Crippen LogP contribution in [-0.4, -0.2) is 17.9 Å². The number of primary amides is 1. The minimum atomic E-state index is -0.837. The Balaban J connectivity index is 2.04. The smallest absolute Gasteiger partial charge is 0.265 e. The molecule has 2 amide bonds. The quantitative estimate of drug-likeness (QED) is 0.756. The van der Waals surface area contributed by atoms with Crippen molar-refractivity contribution in [2.45, 2.75) is 13.0 Å². The molecule has 0 aromatic heterocycles. The second-order valence-electron chi connectivity index (χ2n) is 4.89. The predicted octanol–water partition coefficient (Wildman–Crippen LogP) is 4.15. The minimum Gasteiger partial charge on any atom is -0.479 e. The molecule has 0 aliphatic rings. The van der Waals surface area contributed by atoms with Crippen molar-refractivity contribution in [2.75, 3.05) is 5.32 Å². The topological polar surface area (TPSA) is 81.4 Å². The lowest BCUT2D eigenvalue weighted by Gasteiger charge is -2.16. The largest absolute Gasteiger partial charge is 0.479 e. The molecule has 2 rings (SSSR count). The van der Waals surface area contributed by atoms with Gasteiger partial charge in [-0.3, -0.25) is 9.59 Å². The fourth-order valence-electron chi connectivity index (χ4n) is 1.80. The SMILES string of the molecule is CC(Oc1cc(Cl)c(Cl)cc1Cl)C(=O)Nc1ccc(C(N)=O)cc1. The molecule has 0 spiro atoms. The van der Waals surface area contributed by atoms with E-state index in [1.54, 1.807) is 19.1 Å². The summed E-state index contributed by atoms with van der Waals surface area (Å²) >= 11 is 17.8. The first kappa shape index (κ1) is 18.4. The number of nitrogens with two attached hydrogens (primary N) is 1. The average molecular weight is 388 g/mol. The van der Waals surface area contributed by atoms with Crippen LogP contribution < -0.4 is 15.8 Å². The summed E-state index contributed by atoms with van der Waals surface area (Å²) in [5.41, 5.74) is 6.00. The fraction of sp³-hybridized carbons (Fsp3) is 0.125. The van der Waals surface area contributed by atoms with Crippen LogP contribution in [0.4, 0.5) is 5.69 Å². The molecule has 0 radical (unpaired) electrons. The summed E-state index contributed by atoms with van der Waals surface area (Å²) in [6.07, 6.45) is -0.837. The number of halogens is 3. The minimum absolute atomic E-state index is 0.245. The zero-order chi connectivity index (χ0) is 17.9. The zero-order valence-corrected chi connectivity index (χ0v) is 14.7. The van der Waals surface area contributed by atoms with E-state index in [1.165, 1.54) is 24.3 Å². The van der Waals surface area contributed by atoms with Crippen LogP contribution in [-0.2, 0) is 4.79 Å². The molecular weight excluding hydrogens is 375 g/mol. The van der Waals surface area contributed by atoms with Gasteiger partial charge in [-0.2, -0.15) is 0 Å². The number of amides is 2. The Morgan fingerprint density at radius 1 is 1.04 bits per heavy atom. The molecule has 2 aromatic rings. The summed E-state index contributed by atoms with van der Waals surface area (Å²) in [6.45, 7) is 1.56. The highest BCUT2D eigenvalue weighted by molar-refractivity contribution is 6.43. The molecule has 0 aliphatic heterocycles. The van der Waals surface area contributed by atoms with E-state index in [4.69, 9.17) is 45.3 Å². The van der Waals surface area contributed by atoms with Gasteiger partial charge in [0.05, 0.1) is 15.1 Å². The summed E-state index contributed by atoms with van der Waals surface area (Å²) in [7, 11) is 0. The van der Waals surface area contributed by atoms with E-state index in [0.717, 1.165) is 0 Å². The van der Waals surface area contributed by atoms with E-state index in [1.807, 2.05) is 0 Å². The van der Waals surface area contributed by atoms with Gasteiger partial charge in [0.15, 0.2) is 6.10 Å². The van der Waals surface area contributed by atoms with Gasteiger partial charge in [-0.1, -0.05) is 34.8 Å². The number of benzene rings is 2. The number of hydrogen-bond donors (Lipinski definition) is 2. The molecule has 24 heavy (non-hydrogen) atoms. The maximum absolute atomic E-state index is 12.2. The lowest BCUT2D eigenvalue weighted by molar-refractivity contribution is -0.122. The highest BCUT2D eigenvalue weighted by Crippen LogP contribution is 2.34. The van der Waals surface area contributed by atoms with Crippen LogP contribution in [0.3, 0.4) is 0 Å². The number of ether oxygens (including phenoxy) is 1. The van der Waals surface area contributed by atoms with Crippen molar-refractivity contribution < 1.29 is 14.3 Å². The van der Waals surface area contributed by atoms with Gasteiger partial charge < -0.3 is 15.8 Å². The second-order valence-corrected chi connectivity index (χ2v) is 6.11. The van der Waals surface area contributed by atoms with Crippen molar-refractivity contribution in [1.29, 1.82) is 0 Å². The van der Waals surface area contributed by atoms with Gasteiger partial charge in [-0.15, -0.1) is 0 Å². The van der Waals surface area contributed by atoms with E-state index < -0.39 is 17.9 Å². The van der Waals surface area contributed by atoms with Crippen molar-refractivity contribution in [3.8, 4) is 5.75 Å². The number of rotatable bonds is 5. The van der Waals surface area contributed by atoms with E-state index in [9.17, 15) is 9.59 Å². The van der Waals surface area contributed by atoms with E-state index in [0.29, 0.717) is 16.3 Å². The summed E-state index contributed by atoms with van der Waals surface area (Å²) in [6, 6.07) is 9.04. The molecule has 1 atom stereocenters. The summed E-state index contributed by atoms with van der Waals surface area (Å²) in [4.78, 5) is 23.2. The van der Waals surface area contributed by atoms with Crippen LogP contribution in [0.2, 0.25) is 15.1 Å². The molecule has 0 saturated carbocycles. The molecule has 0 bridgehead atoms. The first-order valence-electron chi connectivity index (χ1n) is 6.80. The standard InChI is InChI=1S/C16H13Cl3N2O3/c1-8(24-14-7-12(18)11(17)6-13(14)19)16(23)21-10-4-2-9(3-5-10)15(20)22/h2-8H,1H3,(H2,20,22)(H,21,23). The molecular formula is C16H13Cl3N2O3. The number of carbonyl (C=O) groups excluding carboxylic acids is 2. The van der Waals surface area contributed by atoms with Crippen molar-refractivity contribution in [3.05, 3.63) is 57.0 Å². The van der Waals surface area contributed by atoms with E-state index in [-0.39, 0.29) is 15.8 Å². The van der Waals surface area contributed by atoms with Gasteiger partial charge in [0.2, 0.25) is 5.91 Å². The molecule has 2 aromatic carbocycles. The third kappa shape index (κ3) is 4.54. The van der Waals surface area contributed by atoms with Gasteiger partial charge >= 0.3 is 0 Å². The van der Waals surface area contributed by atoms with Crippen LogP contribution in [0.1, 0.15) is 17.3 Å². The molecule has 126 valence electrons. The van der Waals surface area contributed by atoms with Gasteiger partial charge in [0.25, 0.3) is 5.91 Å². The fourth-order valence-corrected chi connectivity index (χ4v) is 2.38. The Kier molecular flexibility index (Phi) is 5.94. The summed E-state index contributed by atoms with van der Waals surface area (Å²) in [5, 5.41) is 3.46. The van der Waals surface area contributed by atoms with Gasteiger partial charge in [-0.05, 0) is 37.3 Å². The highest BCUT2D eigenvalue weighted by Gasteiger charge is 2.17. The number of carbonyl (C=O) groups is 2. The Morgan fingerprint density at radius 2 is 1.62 bits per heavy atom.